The lowest BCUT2D eigenvalue weighted by Gasteiger charge is -2.18. The summed E-state index contributed by atoms with van der Waals surface area (Å²) in [7, 11) is 1.12. The lowest BCUT2D eigenvalue weighted by atomic mass is 10.0. The fourth-order valence-electron chi connectivity index (χ4n) is 2.26. The zero-order valence-corrected chi connectivity index (χ0v) is 12.3. The highest BCUT2D eigenvalue weighted by Crippen LogP contribution is 2.23. The molecule has 0 amide bonds. The molecule has 1 heterocycles. The molecule has 22 heavy (non-hydrogen) atoms. The monoisotopic (exact) mass is 305 g/mol. The molecule has 1 aromatic heterocycles. The Balaban J connectivity index is 2.80. The van der Waals surface area contributed by atoms with Crippen molar-refractivity contribution in [1.29, 1.82) is 0 Å². The minimum atomic E-state index is -1.53. The third kappa shape index (κ3) is 2.52. The van der Waals surface area contributed by atoms with E-state index in [1.807, 2.05) is 0 Å². The maximum Gasteiger partial charge on any atom is 0.352 e. The highest BCUT2D eigenvalue weighted by molar-refractivity contribution is 5.84. The number of nitrogens with zero attached hydrogens (tertiary/aromatic N) is 1. The van der Waals surface area contributed by atoms with Gasteiger partial charge >= 0.3 is 11.9 Å². The second-order valence-electron chi connectivity index (χ2n) is 4.67. The summed E-state index contributed by atoms with van der Waals surface area (Å²) in [5, 5.41) is 10.4. The Morgan fingerprint density at radius 3 is 2.50 bits per heavy atom. The maximum atomic E-state index is 12.6. The van der Waals surface area contributed by atoms with Gasteiger partial charge in [0.05, 0.1) is 23.9 Å². The van der Waals surface area contributed by atoms with Gasteiger partial charge in [-0.3, -0.25) is 9.59 Å². The van der Waals surface area contributed by atoms with Crippen LogP contribution in [0.15, 0.2) is 29.1 Å². The third-order valence-corrected chi connectivity index (χ3v) is 3.29. The summed E-state index contributed by atoms with van der Waals surface area (Å²) in [6.45, 7) is 2.56. The molecule has 1 atom stereocenters. The predicted octanol–water partition coefficient (Wildman–Crippen LogP) is 1.32. The number of para-hydroxylation sites is 1. The average Bonchev–Trinajstić information content (AvgIpc) is 2.50. The number of methoxy groups -OCH3 is 1. The van der Waals surface area contributed by atoms with Crippen molar-refractivity contribution in [1.82, 2.24) is 4.73 Å². The summed E-state index contributed by atoms with van der Waals surface area (Å²) in [4.78, 5) is 35.7. The summed E-state index contributed by atoms with van der Waals surface area (Å²) < 4.78 is 10.3. The third-order valence-electron chi connectivity index (χ3n) is 3.29. The number of carbonyl (C=O) groups excluding carboxylic acids is 2. The van der Waals surface area contributed by atoms with Crippen molar-refractivity contribution in [3.05, 3.63) is 45.7 Å². The van der Waals surface area contributed by atoms with Crippen LogP contribution in [0.2, 0.25) is 0 Å². The van der Waals surface area contributed by atoms with E-state index >= 15 is 0 Å². The smallest absolute Gasteiger partial charge is 0.352 e. The molecule has 0 saturated heterocycles. The van der Waals surface area contributed by atoms with Gasteiger partial charge in [0.25, 0.3) is 0 Å². The fourth-order valence-corrected chi connectivity index (χ4v) is 2.26. The van der Waals surface area contributed by atoms with E-state index in [1.165, 1.54) is 13.0 Å². The van der Waals surface area contributed by atoms with Gasteiger partial charge in [-0.25, -0.2) is 4.79 Å². The van der Waals surface area contributed by atoms with Crippen molar-refractivity contribution in [2.24, 2.45) is 0 Å². The van der Waals surface area contributed by atoms with Crippen LogP contribution in [-0.2, 0) is 19.1 Å². The number of rotatable bonds is 3. The van der Waals surface area contributed by atoms with E-state index in [0.29, 0.717) is 5.52 Å². The summed E-state index contributed by atoms with van der Waals surface area (Å²) >= 11 is 0. The van der Waals surface area contributed by atoms with Gasteiger partial charge in [0.1, 0.15) is 0 Å². The van der Waals surface area contributed by atoms with Crippen molar-refractivity contribution < 1.29 is 24.3 Å². The predicted molar refractivity (Wildman–Crippen MR) is 76.7 cm³/mol. The molecule has 1 unspecified atom stereocenters. The average molecular weight is 305 g/mol. The molecule has 1 aromatic carbocycles. The van der Waals surface area contributed by atoms with Gasteiger partial charge in [-0.05, 0) is 19.1 Å². The molecule has 1 N–H and O–H groups in total. The highest BCUT2D eigenvalue weighted by Gasteiger charge is 2.31. The molecule has 7 nitrogen and oxygen atoms in total. The maximum absolute atomic E-state index is 12.6. The molecule has 0 aliphatic rings. The Labute approximate surface area is 125 Å². The van der Waals surface area contributed by atoms with Gasteiger partial charge in [-0.15, -0.1) is 0 Å². The van der Waals surface area contributed by atoms with Crippen molar-refractivity contribution in [2.45, 2.75) is 20.0 Å². The Hall–Kier alpha value is -2.83. The molecule has 0 aliphatic carbocycles. The molecule has 2 rings (SSSR count). The topological polar surface area (TPSA) is 94.8 Å². The number of pyridine rings is 1. The molecule has 7 heteroatoms. The lowest BCUT2D eigenvalue weighted by Crippen LogP contribution is -2.28. The van der Waals surface area contributed by atoms with Crippen LogP contribution in [0.3, 0.4) is 0 Å². The summed E-state index contributed by atoms with van der Waals surface area (Å²) in [5.74, 6) is -1.64. The Morgan fingerprint density at radius 2 is 1.91 bits per heavy atom. The van der Waals surface area contributed by atoms with Crippen molar-refractivity contribution in [3.8, 4) is 0 Å². The molecule has 0 bridgehead atoms. The van der Waals surface area contributed by atoms with Crippen molar-refractivity contribution in [3.63, 3.8) is 0 Å². The SMILES string of the molecule is COC(=O)C(OC(C)=O)c1c(C)n(O)c2ccccc2c1=O. The Morgan fingerprint density at radius 1 is 1.27 bits per heavy atom. The van der Waals surface area contributed by atoms with E-state index in [4.69, 9.17) is 4.74 Å². The summed E-state index contributed by atoms with van der Waals surface area (Å²) in [6, 6.07) is 6.36. The standard InChI is InChI=1S/C15H15NO6/c1-8-12(14(15(19)21-3)22-9(2)17)13(18)10-6-4-5-7-11(10)16(8)20/h4-7,14,20H,1-3H3. The zero-order valence-electron chi connectivity index (χ0n) is 12.3. The van der Waals surface area contributed by atoms with Crippen LogP contribution in [0.5, 0.6) is 0 Å². The molecule has 0 aliphatic heterocycles. The quantitative estimate of drug-likeness (QED) is 0.679. The number of hydrogen-bond donors (Lipinski definition) is 1. The first-order chi connectivity index (χ1) is 10.4. The second-order valence-corrected chi connectivity index (χ2v) is 4.67. The summed E-state index contributed by atoms with van der Waals surface area (Å²) in [5.41, 5.74) is -0.251. The first-order valence-corrected chi connectivity index (χ1v) is 6.47. The van der Waals surface area contributed by atoms with E-state index < -0.39 is 23.5 Å². The molecule has 116 valence electrons. The number of benzene rings is 1. The van der Waals surface area contributed by atoms with Crippen LogP contribution in [0, 0.1) is 6.92 Å². The van der Waals surface area contributed by atoms with E-state index in [2.05, 4.69) is 4.74 Å². The van der Waals surface area contributed by atoms with Crippen LogP contribution in [0.1, 0.15) is 24.3 Å². The first-order valence-electron chi connectivity index (χ1n) is 6.47. The fraction of sp³-hybridized carbons (Fsp3) is 0.267. The number of esters is 2. The Bertz CT molecular complexity index is 808. The minimum Gasteiger partial charge on any atom is -0.466 e. The van der Waals surface area contributed by atoms with E-state index in [9.17, 15) is 19.6 Å². The molecule has 0 spiro atoms. The Kier molecular flexibility index (Phi) is 4.16. The van der Waals surface area contributed by atoms with Crippen LogP contribution in [0.25, 0.3) is 10.9 Å². The largest absolute Gasteiger partial charge is 0.466 e. The molecular formula is C15H15NO6. The molecule has 0 saturated carbocycles. The number of carbonyl (C=O) groups is 2. The van der Waals surface area contributed by atoms with Crippen LogP contribution in [0.4, 0.5) is 0 Å². The summed E-state index contributed by atoms with van der Waals surface area (Å²) in [6.07, 6.45) is -1.53. The van der Waals surface area contributed by atoms with Gasteiger partial charge in [-0.1, -0.05) is 12.1 Å². The molecule has 0 radical (unpaired) electrons. The van der Waals surface area contributed by atoms with Crippen LogP contribution >= 0.6 is 0 Å². The normalized spacial score (nSPS) is 12.0. The van der Waals surface area contributed by atoms with E-state index in [1.54, 1.807) is 18.2 Å². The van der Waals surface area contributed by atoms with Crippen molar-refractivity contribution >= 4 is 22.8 Å². The molecular weight excluding hydrogens is 290 g/mol. The van der Waals surface area contributed by atoms with Gasteiger partial charge < -0.3 is 14.7 Å². The minimum absolute atomic E-state index is 0.0975. The molecule has 0 fully saturated rings. The number of aromatic nitrogens is 1. The van der Waals surface area contributed by atoms with Gasteiger partial charge in [0, 0.05) is 12.3 Å². The number of ether oxygens (including phenoxy) is 2. The van der Waals surface area contributed by atoms with Gasteiger partial charge in [-0.2, -0.15) is 4.73 Å². The van der Waals surface area contributed by atoms with Crippen LogP contribution in [-0.4, -0.2) is 29.0 Å². The van der Waals surface area contributed by atoms with E-state index in [0.717, 1.165) is 18.8 Å². The molecule has 2 aromatic rings. The highest BCUT2D eigenvalue weighted by atomic mass is 16.6. The number of fused-ring (bicyclic) bond motifs is 1. The van der Waals surface area contributed by atoms with E-state index in [-0.39, 0.29) is 16.6 Å². The van der Waals surface area contributed by atoms with Crippen LogP contribution < -0.4 is 5.43 Å². The van der Waals surface area contributed by atoms with Crippen molar-refractivity contribution in [2.75, 3.05) is 7.11 Å². The van der Waals surface area contributed by atoms with Gasteiger partial charge in [0.2, 0.25) is 6.10 Å². The van der Waals surface area contributed by atoms with Gasteiger partial charge in [0.15, 0.2) is 5.43 Å². The second kappa shape index (κ2) is 5.88. The first kappa shape index (κ1) is 15.6. The number of hydrogen-bond acceptors (Lipinski definition) is 6. The zero-order chi connectivity index (χ0) is 16.4. The lowest BCUT2D eigenvalue weighted by molar-refractivity contribution is -0.165.